The highest BCUT2D eigenvalue weighted by Crippen LogP contribution is 2.23. The minimum absolute atomic E-state index is 0.143. The molecule has 3 aromatic rings. The summed E-state index contributed by atoms with van der Waals surface area (Å²) in [5, 5.41) is 11.0. The Morgan fingerprint density at radius 1 is 1.24 bits per heavy atom. The van der Waals surface area contributed by atoms with Gasteiger partial charge in [0.05, 0.1) is 11.4 Å². The zero-order chi connectivity index (χ0) is 20.4. The highest BCUT2D eigenvalue weighted by atomic mass is 35.5. The van der Waals surface area contributed by atoms with Gasteiger partial charge in [0.1, 0.15) is 17.4 Å². The van der Waals surface area contributed by atoms with Gasteiger partial charge in [-0.05, 0) is 61.7 Å². The third-order valence-electron chi connectivity index (χ3n) is 5.06. The fraction of sp³-hybridized carbons (Fsp3) is 0.286. The molecule has 7 nitrogen and oxygen atoms in total. The SMILES string of the molecule is Cn1cccc1-c1cc(C(=O)NC2CCCCNC2=O)n(-c2ccc(Cl)cc2)n1. The zero-order valence-electron chi connectivity index (χ0n) is 16.1. The fourth-order valence-corrected chi connectivity index (χ4v) is 3.61. The van der Waals surface area contributed by atoms with Gasteiger partial charge in [0.25, 0.3) is 5.91 Å². The highest BCUT2D eigenvalue weighted by Gasteiger charge is 2.26. The summed E-state index contributed by atoms with van der Waals surface area (Å²) in [6, 6.07) is 12.2. The number of carbonyl (C=O) groups excluding carboxylic acids is 2. The number of nitrogens with zero attached hydrogens (tertiary/aromatic N) is 3. The van der Waals surface area contributed by atoms with Crippen molar-refractivity contribution in [3.63, 3.8) is 0 Å². The summed E-state index contributed by atoms with van der Waals surface area (Å²) in [5.41, 5.74) is 2.63. The van der Waals surface area contributed by atoms with E-state index in [1.807, 2.05) is 29.9 Å². The molecule has 1 fully saturated rings. The monoisotopic (exact) mass is 411 g/mol. The standard InChI is InChI=1S/C21H22ClN5O2/c1-26-12-4-6-18(26)17-13-19(27(25-17)15-9-7-14(22)8-10-15)21(29)24-16-5-2-3-11-23-20(16)28/h4,6-10,12-13,16H,2-3,5,11H2,1H3,(H,23,28)(H,24,29). The normalized spacial score (nSPS) is 16.9. The molecule has 2 N–H and O–H groups in total. The van der Waals surface area contributed by atoms with Crippen LogP contribution in [0, 0.1) is 0 Å². The van der Waals surface area contributed by atoms with E-state index in [0.717, 1.165) is 18.5 Å². The smallest absolute Gasteiger partial charge is 0.270 e. The van der Waals surface area contributed by atoms with Crippen molar-refractivity contribution in [1.82, 2.24) is 25.0 Å². The Morgan fingerprint density at radius 3 is 2.76 bits per heavy atom. The average Bonchev–Trinajstić information content (AvgIpc) is 3.28. The predicted octanol–water partition coefficient (Wildman–Crippen LogP) is 2.93. The lowest BCUT2D eigenvalue weighted by Gasteiger charge is -2.15. The summed E-state index contributed by atoms with van der Waals surface area (Å²) in [7, 11) is 1.92. The molecule has 1 saturated heterocycles. The van der Waals surface area contributed by atoms with Gasteiger partial charge in [-0.25, -0.2) is 4.68 Å². The van der Waals surface area contributed by atoms with Crippen LogP contribution in [-0.2, 0) is 11.8 Å². The van der Waals surface area contributed by atoms with Crippen molar-refractivity contribution in [2.75, 3.05) is 6.54 Å². The van der Waals surface area contributed by atoms with Gasteiger partial charge < -0.3 is 15.2 Å². The van der Waals surface area contributed by atoms with Crippen LogP contribution in [0.2, 0.25) is 5.02 Å². The lowest BCUT2D eigenvalue weighted by Crippen LogP contribution is -2.45. The summed E-state index contributed by atoms with van der Waals surface area (Å²) >= 11 is 6.01. The topological polar surface area (TPSA) is 81.0 Å². The Kier molecular flexibility index (Phi) is 5.40. The van der Waals surface area contributed by atoms with E-state index in [1.165, 1.54) is 0 Å². The summed E-state index contributed by atoms with van der Waals surface area (Å²) in [5.74, 6) is -0.481. The molecule has 1 unspecified atom stereocenters. The molecule has 0 bridgehead atoms. The third kappa shape index (κ3) is 4.05. The molecule has 0 saturated carbocycles. The molecule has 29 heavy (non-hydrogen) atoms. The van der Waals surface area contributed by atoms with Crippen molar-refractivity contribution >= 4 is 23.4 Å². The van der Waals surface area contributed by atoms with Crippen LogP contribution in [0.4, 0.5) is 0 Å². The molecule has 150 valence electrons. The molecule has 0 spiro atoms. The maximum Gasteiger partial charge on any atom is 0.270 e. The van der Waals surface area contributed by atoms with Gasteiger partial charge in [0, 0.05) is 24.8 Å². The van der Waals surface area contributed by atoms with Crippen LogP contribution < -0.4 is 10.6 Å². The van der Waals surface area contributed by atoms with E-state index in [1.54, 1.807) is 35.0 Å². The first-order valence-corrected chi connectivity index (χ1v) is 9.97. The Bertz CT molecular complexity index is 1040. The van der Waals surface area contributed by atoms with E-state index >= 15 is 0 Å². The molecule has 2 aromatic heterocycles. The molecule has 8 heteroatoms. The predicted molar refractivity (Wildman–Crippen MR) is 111 cm³/mol. The third-order valence-corrected chi connectivity index (χ3v) is 5.31. The lowest BCUT2D eigenvalue weighted by molar-refractivity contribution is -0.122. The van der Waals surface area contributed by atoms with Gasteiger partial charge in [-0.2, -0.15) is 5.10 Å². The number of hydrogen-bond donors (Lipinski definition) is 2. The molecule has 4 rings (SSSR count). The number of amides is 2. The highest BCUT2D eigenvalue weighted by molar-refractivity contribution is 6.30. The summed E-state index contributed by atoms with van der Waals surface area (Å²) in [6.45, 7) is 0.644. The molecule has 1 aliphatic rings. The number of rotatable bonds is 4. The van der Waals surface area contributed by atoms with Crippen molar-refractivity contribution in [2.24, 2.45) is 7.05 Å². The van der Waals surface area contributed by atoms with E-state index in [0.29, 0.717) is 35.1 Å². The number of aryl methyl sites for hydroxylation is 1. The van der Waals surface area contributed by atoms with Crippen LogP contribution in [0.3, 0.4) is 0 Å². The summed E-state index contributed by atoms with van der Waals surface area (Å²) in [4.78, 5) is 25.4. The molecule has 3 heterocycles. The Morgan fingerprint density at radius 2 is 2.03 bits per heavy atom. The summed E-state index contributed by atoms with van der Waals surface area (Å²) in [6.07, 6.45) is 4.34. The van der Waals surface area contributed by atoms with Crippen molar-refractivity contribution < 1.29 is 9.59 Å². The number of halogens is 1. The minimum atomic E-state index is -0.544. The van der Waals surface area contributed by atoms with Crippen LogP contribution >= 0.6 is 11.6 Å². The van der Waals surface area contributed by atoms with Gasteiger partial charge in [0.15, 0.2) is 0 Å². The molecular weight excluding hydrogens is 390 g/mol. The van der Waals surface area contributed by atoms with Crippen molar-refractivity contribution in [3.05, 3.63) is 59.4 Å². The number of aromatic nitrogens is 3. The number of hydrogen-bond acceptors (Lipinski definition) is 3. The quantitative estimate of drug-likeness (QED) is 0.692. The number of benzene rings is 1. The maximum absolute atomic E-state index is 13.1. The Labute approximate surface area is 173 Å². The molecule has 2 amide bonds. The van der Waals surface area contributed by atoms with Gasteiger partial charge in [-0.1, -0.05) is 11.6 Å². The first-order chi connectivity index (χ1) is 14.0. The second-order valence-corrected chi connectivity index (χ2v) is 7.56. The van der Waals surface area contributed by atoms with E-state index in [9.17, 15) is 9.59 Å². The van der Waals surface area contributed by atoms with Crippen LogP contribution in [0.5, 0.6) is 0 Å². The zero-order valence-corrected chi connectivity index (χ0v) is 16.8. The number of carbonyl (C=O) groups is 2. The van der Waals surface area contributed by atoms with Crippen LogP contribution in [0.15, 0.2) is 48.7 Å². The van der Waals surface area contributed by atoms with E-state index in [4.69, 9.17) is 11.6 Å². The van der Waals surface area contributed by atoms with Crippen LogP contribution in [-0.4, -0.2) is 38.7 Å². The molecule has 1 aromatic carbocycles. The van der Waals surface area contributed by atoms with Crippen LogP contribution in [0.1, 0.15) is 29.8 Å². The second kappa shape index (κ2) is 8.13. The maximum atomic E-state index is 13.1. The fourth-order valence-electron chi connectivity index (χ4n) is 3.48. The first kappa shape index (κ1) is 19.3. The molecule has 0 radical (unpaired) electrons. The largest absolute Gasteiger partial charge is 0.354 e. The molecular formula is C21H22ClN5O2. The van der Waals surface area contributed by atoms with Crippen molar-refractivity contribution in [3.8, 4) is 17.1 Å². The molecule has 1 aliphatic heterocycles. The van der Waals surface area contributed by atoms with Gasteiger partial charge in [-0.15, -0.1) is 0 Å². The molecule has 1 atom stereocenters. The Balaban J connectivity index is 1.71. The Hall–Kier alpha value is -3.06. The second-order valence-electron chi connectivity index (χ2n) is 7.12. The summed E-state index contributed by atoms with van der Waals surface area (Å²) < 4.78 is 3.53. The van der Waals surface area contributed by atoms with E-state index in [2.05, 4.69) is 15.7 Å². The van der Waals surface area contributed by atoms with Crippen molar-refractivity contribution in [2.45, 2.75) is 25.3 Å². The molecule has 0 aliphatic carbocycles. The van der Waals surface area contributed by atoms with Gasteiger partial charge >= 0.3 is 0 Å². The van der Waals surface area contributed by atoms with E-state index in [-0.39, 0.29) is 11.8 Å². The lowest BCUT2D eigenvalue weighted by atomic mass is 10.1. The van der Waals surface area contributed by atoms with Gasteiger partial charge in [0.2, 0.25) is 5.91 Å². The minimum Gasteiger partial charge on any atom is -0.354 e. The first-order valence-electron chi connectivity index (χ1n) is 9.59. The van der Waals surface area contributed by atoms with Crippen molar-refractivity contribution in [1.29, 1.82) is 0 Å². The van der Waals surface area contributed by atoms with Crippen LogP contribution in [0.25, 0.3) is 17.1 Å². The van der Waals surface area contributed by atoms with Gasteiger partial charge in [-0.3, -0.25) is 9.59 Å². The van der Waals surface area contributed by atoms with E-state index < -0.39 is 6.04 Å². The average molecular weight is 412 g/mol. The number of nitrogens with one attached hydrogen (secondary N) is 2.